The third-order valence-electron chi connectivity index (χ3n) is 2.68. The fourth-order valence-electron chi connectivity index (χ4n) is 1.99. The van der Waals surface area contributed by atoms with Gasteiger partial charge < -0.3 is 4.57 Å². The van der Waals surface area contributed by atoms with Gasteiger partial charge in [-0.3, -0.25) is 9.69 Å². The Morgan fingerprint density at radius 1 is 1.50 bits per heavy atom. The maximum atomic E-state index is 11.9. The van der Waals surface area contributed by atoms with Crippen LogP contribution < -0.4 is 4.90 Å². The largest absolute Gasteiger partial charge is 0.302 e. The Hall–Kier alpha value is -1.32. The van der Waals surface area contributed by atoms with Gasteiger partial charge in [0.05, 0.1) is 6.20 Å². The highest BCUT2D eigenvalue weighted by molar-refractivity contribution is 5.98. The standard InChI is InChI=1S/C10H15N3O/c1-6(2)12-9(14)8(4)13-7(3)5-11-10(12)13/h5-6,8H,1-4H3. The molecule has 0 aliphatic carbocycles. The molecule has 0 radical (unpaired) electrons. The Morgan fingerprint density at radius 3 is 2.71 bits per heavy atom. The zero-order chi connectivity index (χ0) is 10.5. The quantitative estimate of drug-likeness (QED) is 0.678. The van der Waals surface area contributed by atoms with E-state index in [1.165, 1.54) is 0 Å². The third-order valence-corrected chi connectivity index (χ3v) is 2.68. The molecule has 76 valence electrons. The zero-order valence-electron chi connectivity index (χ0n) is 8.98. The van der Waals surface area contributed by atoms with Crippen LogP contribution in [0.1, 0.15) is 32.5 Å². The molecule has 1 aliphatic heterocycles. The lowest BCUT2D eigenvalue weighted by atomic mass is 10.3. The van der Waals surface area contributed by atoms with E-state index in [2.05, 4.69) is 4.98 Å². The predicted molar refractivity (Wildman–Crippen MR) is 54.3 cm³/mol. The fourth-order valence-corrected chi connectivity index (χ4v) is 1.99. The molecule has 0 saturated carbocycles. The first-order valence-corrected chi connectivity index (χ1v) is 4.91. The van der Waals surface area contributed by atoms with E-state index in [0.717, 1.165) is 11.6 Å². The van der Waals surface area contributed by atoms with Gasteiger partial charge >= 0.3 is 0 Å². The maximum Gasteiger partial charge on any atom is 0.252 e. The van der Waals surface area contributed by atoms with E-state index >= 15 is 0 Å². The second kappa shape index (κ2) is 2.83. The highest BCUT2D eigenvalue weighted by Gasteiger charge is 2.37. The van der Waals surface area contributed by atoms with Gasteiger partial charge in [-0.2, -0.15) is 0 Å². The first kappa shape index (κ1) is 9.24. The smallest absolute Gasteiger partial charge is 0.252 e. The van der Waals surface area contributed by atoms with Gasteiger partial charge in [-0.15, -0.1) is 0 Å². The summed E-state index contributed by atoms with van der Waals surface area (Å²) in [7, 11) is 0. The van der Waals surface area contributed by atoms with Crippen molar-refractivity contribution in [2.24, 2.45) is 0 Å². The Balaban J connectivity index is 2.54. The van der Waals surface area contributed by atoms with Gasteiger partial charge in [0.1, 0.15) is 6.04 Å². The van der Waals surface area contributed by atoms with Crippen LogP contribution in [0, 0.1) is 6.92 Å². The minimum atomic E-state index is -0.102. The summed E-state index contributed by atoms with van der Waals surface area (Å²) in [4.78, 5) is 17.9. The lowest BCUT2D eigenvalue weighted by Gasteiger charge is -2.18. The van der Waals surface area contributed by atoms with Gasteiger partial charge in [0.2, 0.25) is 5.95 Å². The van der Waals surface area contributed by atoms with Crippen LogP contribution in [0.4, 0.5) is 5.95 Å². The average Bonchev–Trinajstić information content (AvgIpc) is 2.56. The van der Waals surface area contributed by atoms with Crippen molar-refractivity contribution in [1.82, 2.24) is 9.55 Å². The third kappa shape index (κ3) is 0.997. The summed E-state index contributed by atoms with van der Waals surface area (Å²) in [6.07, 6.45) is 1.81. The van der Waals surface area contributed by atoms with Crippen LogP contribution in [0.25, 0.3) is 0 Å². The molecule has 1 aromatic heterocycles. The van der Waals surface area contributed by atoms with Gasteiger partial charge in [0.25, 0.3) is 5.91 Å². The summed E-state index contributed by atoms with van der Waals surface area (Å²) in [6, 6.07) is 0.0721. The highest BCUT2D eigenvalue weighted by Crippen LogP contribution is 2.31. The molecular formula is C10H15N3O. The van der Waals surface area contributed by atoms with Crippen LogP contribution in [0.15, 0.2) is 6.20 Å². The second-order valence-corrected chi connectivity index (χ2v) is 4.05. The molecule has 2 heterocycles. The van der Waals surface area contributed by atoms with Gasteiger partial charge in [-0.25, -0.2) is 4.98 Å². The molecule has 1 unspecified atom stereocenters. The molecule has 0 aromatic carbocycles. The lowest BCUT2D eigenvalue weighted by molar-refractivity contribution is -0.120. The summed E-state index contributed by atoms with van der Waals surface area (Å²) in [5.74, 6) is 0.932. The Morgan fingerprint density at radius 2 is 2.14 bits per heavy atom. The van der Waals surface area contributed by atoms with E-state index in [-0.39, 0.29) is 18.0 Å². The molecule has 4 heteroatoms. The molecule has 1 atom stereocenters. The zero-order valence-corrected chi connectivity index (χ0v) is 8.98. The van der Waals surface area contributed by atoms with Crippen molar-refractivity contribution < 1.29 is 4.79 Å². The molecular weight excluding hydrogens is 178 g/mol. The van der Waals surface area contributed by atoms with Crippen LogP contribution in [0.3, 0.4) is 0 Å². The molecule has 0 N–H and O–H groups in total. The van der Waals surface area contributed by atoms with E-state index in [0.29, 0.717) is 0 Å². The Kier molecular flexibility index (Phi) is 1.87. The number of rotatable bonds is 1. The van der Waals surface area contributed by atoms with Crippen LogP contribution in [-0.2, 0) is 4.79 Å². The van der Waals surface area contributed by atoms with Gasteiger partial charge in [0.15, 0.2) is 0 Å². The number of hydrogen-bond donors (Lipinski definition) is 0. The van der Waals surface area contributed by atoms with Crippen molar-refractivity contribution >= 4 is 11.9 Å². The number of carbonyl (C=O) groups excluding carboxylic acids is 1. The van der Waals surface area contributed by atoms with Gasteiger partial charge in [0, 0.05) is 11.7 Å². The SMILES string of the molecule is Cc1cnc2n1C(C)C(=O)N2C(C)C. The number of nitrogens with zero attached hydrogens (tertiary/aromatic N) is 3. The molecule has 14 heavy (non-hydrogen) atoms. The monoisotopic (exact) mass is 193 g/mol. The number of anilines is 1. The molecule has 0 spiro atoms. The van der Waals surface area contributed by atoms with Crippen molar-refractivity contribution in [1.29, 1.82) is 0 Å². The van der Waals surface area contributed by atoms with Crippen LogP contribution in [0.5, 0.6) is 0 Å². The first-order chi connectivity index (χ1) is 6.54. The number of fused-ring (bicyclic) bond motifs is 1. The van der Waals surface area contributed by atoms with Crippen molar-refractivity contribution in [3.05, 3.63) is 11.9 Å². The van der Waals surface area contributed by atoms with Gasteiger partial charge in [-0.1, -0.05) is 0 Å². The Labute approximate surface area is 83.5 Å². The average molecular weight is 193 g/mol. The number of aromatic nitrogens is 2. The molecule has 1 aromatic rings. The highest BCUT2D eigenvalue weighted by atomic mass is 16.2. The lowest BCUT2D eigenvalue weighted by Crippen LogP contribution is -2.35. The van der Waals surface area contributed by atoms with Crippen LogP contribution >= 0.6 is 0 Å². The van der Waals surface area contributed by atoms with Crippen molar-refractivity contribution in [2.45, 2.75) is 39.8 Å². The minimum Gasteiger partial charge on any atom is -0.302 e. The summed E-state index contributed by atoms with van der Waals surface area (Å²) >= 11 is 0. The number of carbonyl (C=O) groups is 1. The predicted octanol–water partition coefficient (Wildman–Crippen LogP) is 1.51. The fraction of sp³-hybridized carbons (Fsp3) is 0.600. The van der Waals surface area contributed by atoms with E-state index in [4.69, 9.17) is 0 Å². The number of amides is 1. The number of hydrogen-bond acceptors (Lipinski definition) is 2. The summed E-state index contributed by atoms with van der Waals surface area (Å²) < 4.78 is 1.99. The molecule has 2 rings (SSSR count). The molecule has 0 saturated heterocycles. The van der Waals surface area contributed by atoms with Crippen molar-refractivity contribution in [3.63, 3.8) is 0 Å². The number of imidazole rings is 1. The van der Waals surface area contributed by atoms with E-state index in [1.54, 1.807) is 4.90 Å². The molecule has 0 bridgehead atoms. The summed E-state index contributed by atoms with van der Waals surface area (Å²) in [5, 5.41) is 0. The Bertz CT molecular complexity index is 381. The molecule has 1 aliphatic rings. The first-order valence-electron chi connectivity index (χ1n) is 4.91. The molecule has 4 nitrogen and oxygen atoms in total. The van der Waals surface area contributed by atoms with Gasteiger partial charge in [-0.05, 0) is 27.7 Å². The van der Waals surface area contributed by atoms with Crippen LogP contribution in [0.2, 0.25) is 0 Å². The second-order valence-electron chi connectivity index (χ2n) is 4.05. The van der Waals surface area contributed by atoms with E-state index in [1.807, 2.05) is 38.5 Å². The number of aryl methyl sites for hydroxylation is 1. The van der Waals surface area contributed by atoms with Crippen LogP contribution in [-0.4, -0.2) is 21.5 Å². The topological polar surface area (TPSA) is 38.1 Å². The minimum absolute atomic E-state index is 0.102. The molecule has 1 amide bonds. The molecule has 0 fully saturated rings. The van der Waals surface area contributed by atoms with Crippen molar-refractivity contribution in [2.75, 3.05) is 4.90 Å². The van der Waals surface area contributed by atoms with E-state index in [9.17, 15) is 4.79 Å². The van der Waals surface area contributed by atoms with E-state index < -0.39 is 0 Å². The summed E-state index contributed by atoms with van der Waals surface area (Å²) in [5.41, 5.74) is 1.05. The normalized spacial score (nSPS) is 20.8. The maximum absolute atomic E-state index is 11.9. The summed E-state index contributed by atoms with van der Waals surface area (Å²) in [6.45, 7) is 7.90. The van der Waals surface area contributed by atoms with Crippen molar-refractivity contribution in [3.8, 4) is 0 Å².